The maximum Gasteiger partial charge on any atom is 0.217 e. The van der Waals surface area contributed by atoms with Crippen molar-refractivity contribution in [2.45, 2.75) is 64.8 Å². The van der Waals surface area contributed by atoms with Crippen LogP contribution in [0.2, 0.25) is 0 Å². The fourth-order valence-electron chi connectivity index (χ4n) is 2.85. The molecule has 18 heavy (non-hydrogen) atoms. The van der Waals surface area contributed by atoms with Gasteiger partial charge in [0.15, 0.2) is 5.79 Å². The van der Waals surface area contributed by atoms with Gasteiger partial charge < -0.3 is 19.5 Å². The first-order chi connectivity index (χ1) is 8.30. The number of fused-ring (bicyclic) bond motifs is 1. The van der Waals surface area contributed by atoms with Gasteiger partial charge in [-0.1, -0.05) is 6.92 Å². The van der Waals surface area contributed by atoms with Gasteiger partial charge in [-0.25, -0.2) is 0 Å². The zero-order valence-electron chi connectivity index (χ0n) is 11.7. The Balaban J connectivity index is 2.12. The van der Waals surface area contributed by atoms with Gasteiger partial charge in [-0.3, -0.25) is 4.79 Å². The highest BCUT2D eigenvalue weighted by Crippen LogP contribution is 2.35. The van der Waals surface area contributed by atoms with E-state index in [1.54, 1.807) is 0 Å². The summed E-state index contributed by atoms with van der Waals surface area (Å²) in [7, 11) is 0. The molecule has 2 fully saturated rings. The normalized spacial score (nSPS) is 43.1. The second-order valence-electron chi connectivity index (χ2n) is 5.76. The lowest BCUT2D eigenvalue weighted by Crippen LogP contribution is -2.64. The van der Waals surface area contributed by atoms with Crippen LogP contribution in [-0.4, -0.2) is 42.7 Å². The molecule has 5 unspecified atom stereocenters. The monoisotopic (exact) mass is 257 g/mol. The molecule has 1 N–H and O–H groups in total. The summed E-state index contributed by atoms with van der Waals surface area (Å²) in [5.74, 6) is -0.418. The second kappa shape index (κ2) is 4.79. The van der Waals surface area contributed by atoms with Crippen molar-refractivity contribution in [3.63, 3.8) is 0 Å². The third kappa shape index (κ3) is 2.68. The van der Waals surface area contributed by atoms with E-state index in [-0.39, 0.29) is 36.2 Å². The molecule has 5 nitrogen and oxygen atoms in total. The molecule has 2 saturated heterocycles. The van der Waals surface area contributed by atoms with Crippen molar-refractivity contribution in [3.05, 3.63) is 0 Å². The number of nitrogens with one attached hydrogen (secondary N) is 1. The minimum Gasteiger partial charge on any atom is -0.368 e. The summed E-state index contributed by atoms with van der Waals surface area (Å²) >= 11 is 0. The molecule has 0 radical (unpaired) electrons. The van der Waals surface area contributed by atoms with E-state index in [0.717, 1.165) is 0 Å². The third-order valence-corrected chi connectivity index (χ3v) is 3.73. The Morgan fingerprint density at radius 1 is 1.33 bits per heavy atom. The second-order valence-corrected chi connectivity index (χ2v) is 5.76. The van der Waals surface area contributed by atoms with Crippen LogP contribution in [0.1, 0.15) is 34.6 Å². The Morgan fingerprint density at radius 3 is 2.61 bits per heavy atom. The molecule has 2 rings (SSSR count). The Hall–Kier alpha value is -0.650. The first kappa shape index (κ1) is 13.8. The van der Waals surface area contributed by atoms with Gasteiger partial charge in [-0.05, 0) is 20.8 Å². The van der Waals surface area contributed by atoms with Crippen LogP contribution in [0.5, 0.6) is 0 Å². The SMILES string of the molecule is CC(=O)NC1C(C)OC2COC(C)(C)OC2C1C. The number of hydrogen-bond acceptors (Lipinski definition) is 4. The Morgan fingerprint density at radius 2 is 2.00 bits per heavy atom. The lowest BCUT2D eigenvalue weighted by Gasteiger charge is -2.50. The van der Waals surface area contributed by atoms with E-state index in [2.05, 4.69) is 12.2 Å². The smallest absolute Gasteiger partial charge is 0.217 e. The third-order valence-electron chi connectivity index (χ3n) is 3.73. The number of carbonyl (C=O) groups excluding carboxylic acids is 1. The lowest BCUT2D eigenvalue weighted by molar-refractivity contribution is -0.339. The summed E-state index contributed by atoms with van der Waals surface area (Å²) in [5.41, 5.74) is 0. The molecule has 0 saturated carbocycles. The van der Waals surface area contributed by atoms with Crippen molar-refractivity contribution >= 4 is 5.91 Å². The van der Waals surface area contributed by atoms with Crippen molar-refractivity contribution in [2.24, 2.45) is 5.92 Å². The molecule has 104 valence electrons. The Bertz CT molecular complexity index is 331. The van der Waals surface area contributed by atoms with Crippen LogP contribution in [0.25, 0.3) is 0 Å². The quantitative estimate of drug-likeness (QED) is 0.763. The average molecular weight is 257 g/mol. The molecule has 5 atom stereocenters. The van der Waals surface area contributed by atoms with E-state index < -0.39 is 5.79 Å². The van der Waals surface area contributed by atoms with Crippen LogP contribution in [0.3, 0.4) is 0 Å². The number of amides is 1. The summed E-state index contributed by atoms with van der Waals surface area (Å²) in [6.45, 7) is 9.95. The van der Waals surface area contributed by atoms with Gasteiger partial charge in [-0.15, -0.1) is 0 Å². The van der Waals surface area contributed by atoms with E-state index >= 15 is 0 Å². The molecule has 0 aliphatic carbocycles. The number of ether oxygens (including phenoxy) is 3. The summed E-state index contributed by atoms with van der Waals surface area (Å²) in [6.07, 6.45) is -0.117. The van der Waals surface area contributed by atoms with Gasteiger partial charge in [0.25, 0.3) is 0 Å². The highest BCUT2D eigenvalue weighted by Gasteiger charge is 2.48. The minimum atomic E-state index is -0.583. The van der Waals surface area contributed by atoms with Crippen molar-refractivity contribution in [2.75, 3.05) is 6.61 Å². The molecule has 0 aromatic rings. The summed E-state index contributed by atoms with van der Waals surface area (Å²) in [5, 5.41) is 2.96. The van der Waals surface area contributed by atoms with Gasteiger partial charge in [0.1, 0.15) is 6.10 Å². The van der Waals surface area contributed by atoms with E-state index in [1.165, 1.54) is 6.92 Å². The summed E-state index contributed by atoms with van der Waals surface area (Å²) < 4.78 is 17.5. The van der Waals surface area contributed by atoms with Gasteiger partial charge in [0.2, 0.25) is 5.91 Å². The first-order valence-electron chi connectivity index (χ1n) is 6.54. The number of rotatable bonds is 1. The summed E-state index contributed by atoms with van der Waals surface area (Å²) in [6, 6.07) is -0.0161. The maximum absolute atomic E-state index is 11.3. The molecule has 2 aliphatic heterocycles. The molecule has 0 bridgehead atoms. The van der Waals surface area contributed by atoms with Crippen molar-refractivity contribution in [1.29, 1.82) is 0 Å². The van der Waals surface area contributed by atoms with Crippen LogP contribution in [-0.2, 0) is 19.0 Å². The van der Waals surface area contributed by atoms with Crippen molar-refractivity contribution < 1.29 is 19.0 Å². The van der Waals surface area contributed by atoms with Crippen molar-refractivity contribution in [3.8, 4) is 0 Å². The zero-order chi connectivity index (χ0) is 13.5. The zero-order valence-corrected chi connectivity index (χ0v) is 11.7. The highest BCUT2D eigenvalue weighted by atomic mass is 16.7. The predicted octanol–water partition coefficient (Wildman–Crippen LogP) is 1.07. The van der Waals surface area contributed by atoms with Gasteiger partial charge in [0, 0.05) is 12.8 Å². The standard InChI is InChI=1S/C13H23NO4/c1-7-11(14-9(3)15)8(2)17-10-6-16-13(4,5)18-12(7)10/h7-8,10-12H,6H2,1-5H3,(H,14,15). The highest BCUT2D eigenvalue weighted by molar-refractivity contribution is 5.73. The fourth-order valence-corrected chi connectivity index (χ4v) is 2.85. The molecule has 2 heterocycles. The molecule has 1 amide bonds. The van der Waals surface area contributed by atoms with E-state index in [4.69, 9.17) is 14.2 Å². The van der Waals surface area contributed by atoms with E-state index in [9.17, 15) is 4.79 Å². The Labute approximate surface area is 108 Å². The van der Waals surface area contributed by atoms with Crippen molar-refractivity contribution in [1.82, 2.24) is 5.32 Å². The average Bonchev–Trinajstić information content (AvgIpc) is 2.25. The molecule has 5 heteroatoms. The topological polar surface area (TPSA) is 56.8 Å². The molecular formula is C13H23NO4. The number of hydrogen-bond donors (Lipinski definition) is 1. The van der Waals surface area contributed by atoms with Gasteiger partial charge in [0.05, 0.1) is 24.9 Å². The van der Waals surface area contributed by atoms with E-state index in [0.29, 0.717) is 6.61 Å². The molecule has 0 aromatic carbocycles. The van der Waals surface area contributed by atoms with Crippen LogP contribution in [0, 0.1) is 5.92 Å². The molecule has 0 spiro atoms. The van der Waals surface area contributed by atoms with Crippen LogP contribution in [0.15, 0.2) is 0 Å². The summed E-state index contributed by atoms with van der Waals surface area (Å²) in [4.78, 5) is 11.3. The molecule has 2 aliphatic rings. The van der Waals surface area contributed by atoms with Gasteiger partial charge in [-0.2, -0.15) is 0 Å². The van der Waals surface area contributed by atoms with E-state index in [1.807, 2.05) is 20.8 Å². The number of carbonyl (C=O) groups is 1. The fraction of sp³-hybridized carbons (Fsp3) is 0.923. The van der Waals surface area contributed by atoms with Crippen LogP contribution < -0.4 is 5.32 Å². The minimum absolute atomic E-state index is 0.0161. The first-order valence-corrected chi connectivity index (χ1v) is 6.54. The van der Waals surface area contributed by atoms with Gasteiger partial charge >= 0.3 is 0 Å². The molecular weight excluding hydrogens is 234 g/mol. The predicted molar refractivity (Wildman–Crippen MR) is 66.0 cm³/mol. The van der Waals surface area contributed by atoms with Crippen LogP contribution in [0.4, 0.5) is 0 Å². The molecule has 0 aromatic heterocycles. The maximum atomic E-state index is 11.3. The Kier molecular flexibility index (Phi) is 3.67. The lowest BCUT2D eigenvalue weighted by atomic mass is 9.85. The largest absolute Gasteiger partial charge is 0.368 e. The van der Waals surface area contributed by atoms with Crippen LogP contribution >= 0.6 is 0 Å².